The molecule has 5 rings (SSSR count). The van der Waals surface area contributed by atoms with E-state index in [4.69, 9.17) is 13.9 Å². The van der Waals surface area contributed by atoms with Crippen molar-refractivity contribution in [3.05, 3.63) is 93.2 Å². The second-order valence-corrected chi connectivity index (χ2v) is 9.40. The smallest absolute Gasteiger partial charge is 0.296 e. The Morgan fingerprint density at radius 2 is 1.87 bits per heavy atom. The van der Waals surface area contributed by atoms with Crippen LogP contribution < -0.4 is 19.8 Å². The number of amides is 1. The van der Waals surface area contributed by atoms with E-state index in [1.807, 2.05) is 13.0 Å². The summed E-state index contributed by atoms with van der Waals surface area (Å²) < 4.78 is 31.6. The monoisotopic (exact) mass is 516 g/mol. The molecule has 1 atom stereocenters. The van der Waals surface area contributed by atoms with Crippen LogP contribution in [0.5, 0.6) is 11.5 Å². The fourth-order valence-electron chi connectivity index (χ4n) is 4.83. The summed E-state index contributed by atoms with van der Waals surface area (Å²) in [6.45, 7) is 4.61. The van der Waals surface area contributed by atoms with Crippen LogP contribution in [-0.4, -0.2) is 24.6 Å². The van der Waals surface area contributed by atoms with Crippen LogP contribution >= 0.6 is 0 Å². The average Bonchev–Trinajstić information content (AvgIpc) is 3.21. The van der Waals surface area contributed by atoms with Gasteiger partial charge in [-0.25, -0.2) is 9.37 Å². The van der Waals surface area contributed by atoms with Crippen molar-refractivity contribution in [3.63, 3.8) is 0 Å². The van der Waals surface area contributed by atoms with E-state index in [0.717, 1.165) is 37.3 Å². The molecular formula is C30H29FN2O5. The third-order valence-corrected chi connectivity index (χ3v) is 6.74. The minimum absolute atomic E-state index is 0.0691. The number of pyridine rings is 1. The van der Waals surface area contributed by atoms with E-state index < -0.39 is 23.2 Å². The maximum Gasteiger partial charge on any atom is 0.296 e. The maximum absolute atomic E-state index is 14.1. The van der Waals surface area contributed by atoms with Crippen molar-refractivity contribution in [2.45, 2.75) is 45.6 Å². The van der Waals surface area contributed by atoms with Crippen LogP contribution in [0.1, 0.15) is 65.9 Å². The minimum atomic E-state index is -0.858. The molecule has 0 fully saturated rings. The SMILES string of the molecule is CCCCCCOc1ccc(C2c3c(oc4ccc(F)cc4c3=O)C(=O)N2c2cc(C)ccn2)cc1OC. The van der Waals surface area contributed by atoms with Crippen LogP contribution in [0.3, 0.4) is 0 Å². The second kappa shape index (κ2) is 10.7. The van der Waals surface area contributed by atoms with Crippen LogP contribution in [0.2, 0.25) is 0 Å². The molecule has 2 aromatic heterocycles. The van der Waals surface area contributed by atoms with Gasteiger partial charge in [0.1, 0.15) is 17.2 Å². The van der Waals surface area contributed by atoms with Gasteiger partial charge in [-0.15, -0.1) is 0 Å². The Balaban J connectivity index is 1.63. The van der Waals surface area contributed by atoms with Gasteiger partial charge in [0.15, 0.2) is 16.9 Å². The quantitative estimate of drug-likeness (QED) is 0.241. The topological polar surface area (TPSA) is 81.9 Å². The summed E-state index contributed by atoms with van der Waals surface area (Å²) >= 11 is 0. The Kier molecular flexibility index (Phi) is 7.13. The first-order chi connectivity index (χ1) is 18.4. The van der Waals surface area contributed by atoms with Crippen molar-refractivity contribution >= 4 is 22.7 Å². The number of carbonyl (C=O) groups excluding carboxylic acids is 1. The van der Waals surface area contributed by atoms with Gasteiger partial charge in [-0.1, -0.05) is 32.3 Å². The van der Waals surface area contributed by atoms with E-state index in [1.54, 1.807) is 37.6 Å². The number of aromatic nitrogens is 1. The maximum atomic E-state index is 14.1. The number of fused-ring (bicyclic) bond motifs is 2. The van der Waals surface area contributed by atoms with Gasteiger partial charge in [0.05, 0.1) is 30.7 Å². The average molecular weight is 517 g/mol. The lowest BCUT2D eigenvalue weighted by Gasteiger charge is -2.25. The number of ether oxygens (including phenoxy) is 2. The number of hydrogen-bond acceptors (Lipinski definition) is 6. The molecule has 2 aromatic carbocycles. The fourth-order valence-corrected chi connectivity index (χ4v) is 4.83. The van der Waals surface area contributed by atoms with Gasteiger partial charge < -0.3 is 13.9 Å². The minimum Gasteiger partial charge on any atom is -0.493 e. The number of aryl methyl sites for hydroxylation is 1. The highest BCUT2D eigenvalue weighted by Gasteiger charge is 2.44. The van der Waals surface area contributed by atoms with Gasteiger partial charge in [-0.05, 0) is 66.9 Å². The zero-order chi connectivity index (χ0) is 26.8. The molecular weight excluding hydrogens is 487 g/mol. The number of methoxy groups -OCH3 is 1. The molecule has 0 spiro atoms. The highest BCUT2D eigenvalue weighted by atomic mass is 19.1. The van der Waals surface area contributed by atoms with Crippen LogP contribution in [0.15, 0.2) is 63.9 Å². The highest BCUT2D eigenvalue weighted by Crippen LogP contribution is 2.43. The van der Waals surface area contributed by atoms with E-state index in [0.29, 0.717) is 29.5 Å². The first kappa shape index (κ1) is 25.4. The van der Waals surface area contributed by atoms with E-state index in [-0.39, 0.29) is 22.3 Å². The Morgan fingerprint density at radius 1 is 1.03 bits per heavy atom. The Hall–Kier alpha value is -4.20. The normalized spacial score (nSPS) is 14.7. The van der Waals surface area contributed by atoms with Crippen molar-refractivity contribution in [1.29, 1.82) is 0 Å². The largest absolute Gasteiger partial charge is 0.493 e. The molecule has 38 heavy (non-hydrogen) atoms. The molecule has 1 aliphatic rings. The number of hydrogen-bond donors (Lipinski definition) is 0. The van der Waals surface area contributed by atoms with Gasteiger partial charge in [0.25, 0.3) is 5.91 Å². The Morgan fingerprint density at radius 3 is 2.63 bits per heavy atom. The molecule has 0 bridgehead atoms. The number of nitrogens with zero attached hydrogens (tertiary/aromatic N) is 2. The molecule has 196 valence electrons. The molecule has 0 saturated carbocycles. The van der Waals surface area contributed by atoms with Crippen molar-refractivity contribution in [2.75, 3.05) is 18.6 Å². The Bertz CT molecular complexity index is 1560. The van der Waals surface area contributed by atoms with Crippen molar-refractivity contribution in [2.24, 2.45) is 0 Å². The molecule has 1 aliphatic heterocycles. The predicted octanol–water partition coefficient (Wildman–Crippen LogP) is 6.35. The van der Waals surface area contributed by atoms with E-state index in [9.17, 15) is 14.0 Å². The number of unbranched alkanes of at least 4 members (excludes halogenated alkanes) is 3. The summed E-state index contributed by atoms with van der Waals surface area (Å²) in [7, 11) is 1.54. The highest BCUT2D eigenvalue weighted by molar-refractivity contribution is 6.10. The molecule has 3 heterocycles. The summed E-state index contributed by atoms with van der Waals surface area (Å²) in [5.41, 5.74) is 1.31. The van der Waals surface area contributed by atoms with Crippen LogP contribution in [-0.2, 0) is 0 Å². The predicted molar refractivity (Wildman–Crippen MR) is 143 cm³/mol. The zero-order valence-corrected chi connectivity index (χ0v) is 21.6. The summed E-state index contributed by atoms with van der Waals surface area (Å²) in [4.78, 5) is 33.3. The lowest BCUT2D eigenvalue weighted by atomic mass is 9.98. The third kappa shape index (κ3) is 4.62. The standard InChI is InChI=1S/C30H29FN2O5/c1-4-5-6-7-14-37-23-10-8-19(16-24(23)36-3)27-26-28(34)21-17-20(31)9-11-22(21)38-29(26)30(35)33(27)25-15-18(2)12-13-32-25/h8-13,15-17,27H,4-7,14H2,1-3H3. The number of carbonyl (C=O) groups is 1. The van der Waals surface area contributed by atoms with Crippen LogP contribution in [0.4, 0.5) is 10.2 Å². The van der Waals surface area contributed by atoms with Gasteiger partial charge in [-0.2, -0.15) is 0 Å². The van der Waals surface area contributed by atoms with Gasteiger partial charge in [0.2, 0.25) is 5.76 Å². The van der Waals surface area contributed by atoms with E-state index >= 15 is 0 Å². The molecule has 0 N–H and O–H groups in total. The van der Waals surface area contributed by atoms with Crippen molar-refractivity contribution in [1.82, 2.24) is 4.98 Å². The lowest BCUT2D eigenvalue weighted by molar-refractivity contribution is 0.0970. The number of anilines is 1. The summed E-state index contributed by atoms with van der Waals surface area (Å²) in [6, 6.07) is 11.8. The van der Waals surface area contributed by atoms with E-state index in [1.165, 1.54) is 17.0 Å². The zero-order valence-electron chi connectivity index (χ0n) is 21.6. The molecule has 1 amide bonds. The molecule has 1 unspecified atom stereocenters. The van der Waals surface area contributed by atoms with Gasteiger partial charge in [0, 0.05) is 6.20 Å². The first-order valence-electron chi connectivity index (χ1n) is 12.8. The van der Waals surface area contributed by atoms with Crippen molar-refractivity contribution < 1.29 is 23.1 Å². The second-order valence-electron chi connectivity index (χ2n) is 9.40. The van der Waals surface area contributed by atoms with E-state index in [2.05, 4.69) is 11.9 Å². The van der Waals surface area contributed by atoms with Gasteiger partial charge >= 0.3 is 0 Å². The third-order valence-electron chi connectivity index (χ3n) is 6.74. The fraction of sp³-hybridized carbons (Fsp3) is 0.300. The molecule has 8 heteroatoms. The van der Waals surface area contributed by atoms with Crippen LogP contribution in [0.25, 0.3) is 11.0 Å². The van der Waals surface area contributed by atoms with Crippen LogP contribution in [0, 0.1) is 12.7 Å². The Labute approximate surface area is 219 Å². The summed E-state index contributed by atoms with van der Waals surface area (Å²) in [5.74, 6) is 0.276. The molecule has 0 radical (unpaired) electrons. The van der Waals surface area contributed by atoms with Crippen molar-refractivity contribution in [3.8, 4) is 11.5 Å². The molecule has 7 nitrogen and oxygen atoms in total. The summed E-state index contributed by atoms with van der Waals surface area (Å²) in [6.07, 6.45) is 5.91. The lowest BCUT2D eigenvalue weighted by Crippen LogP contribution is -2.30. The van der Waals surface area contributed by atoms with Gasteiger partial charge in [-0.3, -0.25) is 14.5 Å². The molecule has 0 aliphatic carbocycles. The number of benzene rings is 2. The number of rotatable bonds is 9. The number of halogens is 1. The first-order valence-corrected chi connectivity index (χ1v) is 12.8. The summed E-state index contributed by atoms with van der Waals surface area (Å²) in [5, 5.41) is 0.0691. The molecule has 4 aromatic rings. The molecule has 0 saturated heterocycles.